The summed E-state index contributed by atoms with van der Waals surface area (Å²) in [7, 11) is 0. The van der Waals surface area contributed by atoms with Gasteiger partial charge in [-0.2, -0.15) is 4.98 Å². The second kappa shape index (κ2) is 7.67. The number of likely N-dealkylation sites (N-methyl/N-ethyl adjacent to an activating group) is 1. The summed E-state index contributed by atoms with van der Waals surface area (Å²) in [6.07, 6.45) is 8.42. The van der Waals surface area contributed by atoms with Crippen molar-refractivity contribution >= 4 is 11.8 Å². The van der Waals surface area contributed by atoms with Crippen molar-refractivity contribution in [3.05, 3.63) is 21.7 Å². The molecular formula is C16H23N3OS. The van der Waals surface area contributed by atoms with Crippen LogP contribution in [-0.4, -0.2) is 39.8 Å². The number of aromatic nitrogens is 2. The summed E-state index contributed by atoms with van der Waals surface area (Å²) in [6.45, 7) is 7.95. The molecule has 0 fully saturated rings. The lowest BCUT2D eigenvalue weighted by molar-refractivity contribution is 0.286. The maximum absolute atomic E-state index is 12.3. The Hall–Kier alpha value is -1.25. The molecule has 4 nitrogen and oxygen atoms in total. The van der Waals surface area contributed by atoms with Crippen LogP contribution in [0, 0.1) is 12.3 Å². The topological polar surface area (TPSA) is 38.1 Å². The van der Waals surface area contributed by atoms with E-state index in [-0.39, 0.29) is 5.69 Å². The van der Waals surface area contributed by atoms with Gasteiger partial charge in [0, 0.05) is 24.3 Å². The van der Waals surface area contributed by atoms with Gasteiger partial charge in [-0.15, -0.1) is 6.42 Å². The van der Waals surface area contributed by atoms with E-state index in [1.54, 1.807) is 0 Å². The standard InChI is InChI=1S/C16H23N3OS/c1-4-12-21-15-13-8-7-9-14(13)19(16(20)17-15)11-10-18(5-2)6-3/h1H,5-12H2,2-3H3. The normalized spacial score (nSPS) is 13.4. The van der Waals surface area contributed by atoms with Crippen molar-refractivity contribution in [2.45, 2.75) is 44.7 Å². The number of hydrogen-bond acceptors (Lipinski definition) is 4. The molecule has 1 aromatic heterocycles. The van der Waals surface area contributed by atoms with Crippen LogP contribution in [0.4, 0.5) is 0 Å². The molecule has 1 heterocycles. The van der Waals surface area contributed by atoms with Crippen molar-refractivity contribution in [2.75, 3.05) is 25.4 Å². The molecular weight excluding hydrogens is 282 g/mol. The van der Waals surface area contributed by atoms with Crippen LogP contribution in [0.1, 0.15) is 31.5 Å². The van der Waals surface area contributed by atoms with Crippen molar-refractivity contribution in [2.24, 2.45) is 0 Å². The summed E-state index contributed by atoms with van der Waals surface area (Å²) in [5, 5.41) is 0.851. The Morgan fingerprint density at radius 3 is 2.81 bits per heavy atom. The van der Waals surface area contributed by atoms with E-state index in [4.69, 9.17) is 6.42 Å². The number of thioether (sulfide) groups is 1. The summed E-state index contributed by atoms with van der Waals surface area (Å²) in [5.41, 5.74) is 2.30. The third kappa shape index (κ3) is 3.69. The van der Waals surface area contributed by atoms with Gasteiger partial charge in [-0.1, -0.05) is 31.5 Å². The van der Waals surface area contributed by atoms with E-state index in [0.717, 1.165) is 50.5 Å². The van der Waals surface area contributed by atoms with Gasteiger partial charge >= 0.3 is 5.69 Å². The Balaban J connectivity index is 2.25. The Morgan fingerprint density at radius 1 is 1.38 bits per heavy atom. The lowest BCUT2D eigenvalue weighted by atomic mass is 10.2. The van der Waals surface area contributed by atoms with Gasteiger partial charge in [-0.25, -0.2) is 4.79 Å². The zero-order chi connectivity index (χ0) is 15.2. The van der Waals surface area contributed by atoms with E-state index in [1.165, 1.54) is 23.0 Å². The molecule has 1 aromatic rings. The first-order valence-electron chi connectivity index (χ1n) is 7.62. The molecule has 1 aliphatic carbocycles. The minimum absolute atomic E-state index is 0.123. The number of nitrogens with zero attached hydrogens (tertiary/aromatic N) is 3. The maximum Gasteiger partial charge on any atom is 0.348 e. The fraction of sp³-hybridized carbons (Fsp3) is 0.625. The van der Waals surface area contributed by atoms with Gasteiger partial charge in [-0.3, -0.25) is 4.57 Å². The van der Waals surface area contributed by atoms with Crippen molar-refractivity contribution in [1.29, 1.82) is 0 Å². The number of terminal acetylenes is 1. The molecule has 2 rings (SSSR count). The Morgan fingerprint density at radius 2 is 2.14 bits per heavy atom. The van der Waals surface area contributed by atoms with Crippen LogP contribution in [0.15, 0.2) is 9.82 Å². The molecule has 1 aliphatic rings. The highest BCUT2D eigenvalue weighted by Gasteiger charge is 2.21. The van der Waals surface area contributed by atoms with Crippen LogP contribution < -0.4 is 5.69 Å². The summed E-state index contributed by atoms with van der Waals surface area (Å²) in [6, 6.07) is 0. The Bertz CT molecular complexity index is 584. The number of fused-ring (bicyclic) bond motifs is 1. The highest BCUT2D eigenvalue weighted by atomic mass is 32.2. The van der Waals surface area contributed by atoms with Gasteiger partial charge in [-0.05, 0) is 32.4 Å². The predicted octanol–water partition coefficient (Wildman–Crippen LogP) is 1.80. The van der Waals surface area contributed by atoms with Crippen LogP contribution >= 0.6 is 11.8 Å². The molecule has 0 amide bonds. The second-order valence-corrected chi connectivity index (χ2v) is 6.11. The SMILES string of the molecule is C#CCSc1nc(=O)n(CCN(CC)CC)c2c1CCC2. The quantitative estimate of drug-likeness (QED) is 0.437. The molecule has 0 atom stereocenters. The predicted molar refractivity (Wildman–Crippen MR) is 87.9 cm³/mol. The largest absolute Gasteiger partial charge is 0.348 e. The van der Waals surface area contributed by atoms with Gasteiger partial charge in [0.15, 0.2) is 0 Å². The summed E-state index contributed by atoms with van der Waals surface area (Å²) >= 11 is 1.51. The molecule has 0 radical (unpaired) electrons. The van der Waals surface area contributed by atoms with Gasteiger partial charge in [0.25, 0.3) is 0 Å². The first kappa shape index (κ1) is 16.1. The van der Waals surface area contributed by atoms with E-state index >= 15 is 0 Å². The zero-order valence-electron chi connectivity index (χ0n) is 12.9. The van der Waals surface area contributed by atoms with Crippen molar-refractivity contribution < 1.29 is 0 Å². The maximum atomic E-state index is 12.3. The average Bonchev–Trinajstić information content (AvgIpc) is 2.97. The van der Waals surface area contributed by atoms with E-state index < -0.39 is 0 Å². The molecule has 0 saturated heterocycles. The van der Waals surface area contributed by atoms with Gasteiger partial charge < -0.3 is 4.90 Å². The van der Waals surface area contributed by atoms with Crippen LogP contribution in [0.5, 0.6) is 0 Å². The Kier molecular flexibility index (Phi) is 5.89. The molecule has 0 bridgehead atoms. The van der Waals surface area contributed by atoms with Crippen molar-refractivity contribution in [3.8, 4) is 12.3 Å². The summed E-state index contributed by atoms with van der Waals surface area (Å²) < 4.78 is 1.88. The average molecular weight is 305 g/mol. The van der Waals surface area contributed by atoms with E-state index in [0.29, 0.717) is 5.75 Å². The van der Waals surface area contributed by atoms with Crippen LogP contribution in [0.25, 0.3) is 0 Å². The van der Waals surface area contributed by atoms with Gasteiger partial charge in [0.05, 0.1) is 5.75 Å². The van der Waals surface area contributed by atoms with Crippen LogP contribution in [0.3, 0.4) is 0 Å². The minimum Gasteiger partial charge on any atom is -0.302 e. The molecule has 0 aliphatic heterocycles. The lowest BCUT2D eigenvalue weighted by Crippen LogP contribution is -2.34. The third-order valence-electron chi connectivity index (χ3n) is 4.03. The molecule has 0 spiro atoms. The highest BCUT2D eigenvalue weighted by molar-refractivity contribution is 7.99. The smallest absolute Gasteiger partial charge is 0.302 e. The summed E-state index contributed by atoms with van der Waals surface area (Å²) in [5.74, 6) is 3.18. The van der Waals surface area contributed by atoms with Gasteiger partial charge in [0.1, 0.15) is 5.03 Å². The monoisotopic (exact) mass is 305 g/mol. The third-order valence-corrected chi connectivity index (χ3v) is 4.95. The molecule has 21 heavy (non-hydrogen) atoms. The number of hydrogen-bond donors (Lipinski definition) is 0. The fourth-order valence-electron chi connectivity index (χ4n) is 2.83. The van der Waals surface area contributed by atoms with Crippen molar-refractivity contribution in [3.63, 3.8) is 0 Å². The van der Waals surface area contributed by atoms with E-state index in [9.17, 15) is 4.79 Å². The number of rotatable bonds is 7. The molecule has 0 N–H and O–H groups in total. The first-order valence-corrected chi connectivity index (χ1v) is 8.61. The first-order chi connectivity index (χ1) is 10.2. The fourth-order valence-corrected chi connectivity index (χ4v) is 3.58. The highest BCUT2D eigenvalue weighted by Crippen LogP contribution is 2.28. The van der Waals surface area contributed by atoms with Crippen LogP contribution in [-0.2, 0) is 19.4 Å². The van der Waals surface area contributed by atoms with Crippen molar-refractivity contribution in [1.82, 2.24) is 14.5 Å². The molecule has 0 saturated carbocycles. The van der Waals surface area contributed by atoms with Gasteiger partial charge in [0.2, 0.25) is 0 Å². The van der Waals surface area contributed by atoms with Crippen LogP contribution in [0.2, 0.25) is 0 Å². The molecule has 0 aromatic carbocycles. The zero-order valence-corrected chi connectivity index (χ0v) is 13.7. The lowest BCUT2D eigenvalue weighted by Gasteiger charge is -2.20. The Labute approximate surface area is 130 Å². The van der Waals surface area contributed by atoms with E-state index in [1.807, 2.05) is 4.57 Å². The summed E-state index contributed by atoms with van der Waals surface area (Å²) in [4.78, 5) is 18.9. The molecule has 5 heteroatoms. The van der Waals surface area contributed by atoms with E-state index in [2.05, 4.69) is 29.7 Å². The minimum atomic E-state index is -0.123. The second-order valence-electron chi connectivity index (χ2n) is 5.15. The molecule has 0 unspecified atom stereocenters. The molecule has 114 valence electrons.